The number of hydrogen-bond donors (Lipinski definition) is 2. The second-order valence-corrected chi connectivity index (χ2v) is 7.77. The van der Waals surface area contributed by atoms with Gasteiger partial charge in [-0.2, -0.15) is 5.10 Å². The van der Waals surface area contributed by atoms with Gasteiger partial charge in [0.2, 0.25) is 0 Å². The van der Waals surface area contributed by atoms with E-state index in [1.807, 2.05) is 19.9 Å². The molecule has 0 radical (unpaired) electrons. The molecule has 0 spiro atoms. The first-order valence-electron chi connectivity index (χ1n) is 9.92. The van der Waals surface area contributed by atoms with Crippen LogP contribution in [0, 0.1) is 13.8 Å². The highest BCUT2D eigenvalue weighted by atomic mass is 35.5. The van der Waals surface area contributed by atoms with Crippen molar-refractivity contribution in [1.29, 1.82) is 0 Å². The smallest absolute Gasteiger partial charge is 0.292 e. The predicted octanol–water partition coefficient (Wildman–Crippen LogP) is 4.67. The van der Waals surface area contributed by atoms with Crippen LogP contribution in [0.3, 0.4) is 0 Å². The fourth-order valence-corrected chi connectivity index (χ4v) is 3.82. The number of nitrogens with zero attached hydrogens (tertiary/aromatic N) is 2. The summed E-state index contributed by atoms with van der Waals surface area (Å²) in [6.45, 7) is 3.74. The molecule has 0 bridgehead atoms. The number of nitrogens with one attached hydrogen (secondary N) is 2. The number of fused-ring (bicyclic) bond motifs is 1. The van der Waals surface area contributed by atoms with Gasteiger partial charge >= 0.3 is 0 Å². The largest absolute Gasteiger partial charge is 0.455 e. The Morgan fingerprint density at radius 1 is 1.13 bits per heavy atom. The summed E-state index contributed by atoms with van der Waals surface area (Å²) in [5.41, 5.74) is 6.04. The standard InChI is InChI=1S/C23H21ClN4O3/c1-13-10-11-25-19(12-13)26-23(30)21-14(2)20-17(8-5-9-18(20)31-21)27-28-22(29)15-6-3-4-7-16(15)24/h3-4,6-7,10-12H,5,8-9H2,1-2H3,(H,28,29)(H,25,26,30)/b27-17+. The molecule has 4 rings (SSSR count). The molecule has 2 heterocycles. The Morgan fingerprint density at radius 2 is 1.94 bits per heavy atom. The Labute approximate surface area is 184 Å². The lowest BCUT2D eigenvalue weighted by Crippen LogP contribution is -2.22. The quantitative estimate of drug-likeness (QED) is 0.581. The van der Waals surface area contributed by atoms with Crippen molar-refractivity contribution in [2.24, 2.45) is 5.10 Å². The van der Waals surface area contributed by atoms with Crippen molar-refractivity contribution in [2.75, 3.05) is 5.32 Å². The van der Waals surface area contributed by atoms with Crippen LogP contribution in [0.5, 0.6) is 0 Å². The van der Waals surface area contributed by atoms with Gasteiger partial charge in [0.1, 0.15) is 11.6 Å². The summed E-state index contributed by atoms with van der Waals surface area (Å²) < 4.78 is 5.89. The fourth-order valence-electron chi connectivity index (χ4n) is 3.60. The van der Waals surface area contributed by atoms with Crippen molar-refractivity contribution < 1.29 is 14.0 Å². The van der Waals surface area contributed by atoms with Crippen molar-refractivity contribution in [3.8, 4) is 0 Å². The number of furan rings is 1. The van der Waals surface area contributed by atoms with Gasteiger partial charge in [-0.3, -0.25) is 9.59 Å². The molecule has 3 aromatic rings. The van der Waals surface area contributed by atoms with E-state index in [1.165, 1.54) is 0 Å². The van der Waals surface area contributed by atoms with E-state index in [4.69, 9.17) is 16.0 Å². The molecule has 2 amide bonds. The normalized spacial score (nSPS) is 14.2. The summed E-state index contributed by atoms with van der Waals surface area (Å²) in [4.78, 5) is 29.4. The van der Waals surface area contributed by atoms with Crippen LogP contribution in [0.25, 0.3) is 0 Å². The number of rotatable bonds is 4. The van der Waals surface area contributed by atoms with Gasteiger partial charge < -0.3 is 9.73 Å². The third-order valence-electron chi connectivity index (χ3n) is 5.10. The number of hydrogen-bond acceptors (Lipinski definition) is 5. The van der Waals surface area contributed by atoms with E-state index in [0.29, 0.717) is 46.3 Å². The number of hydrazone groups is 1. The summed E-state index contributed by atoms with van der Waals surface area (Å²) >= 11 is 6.09. The molecule has 0 unspecified atom stereocenters. The lowest BCUT2D eigenvalue weighted by atomic mass is 9.93. The van der Waals surface area contributed by atoms with Crippen molar-refractivity contribution in [3.63, 3.8) is 0 Å². The van der Waals surface area contributed by atoms with Crippen LogP contribution in [0.15, 0.2) is 52.1 Å². The number of aromatic nitrogens is 1. The molecular weight excluding hydrogens is 416 g/mol. The minimum Gasteiger partial charge on any atom is -0.455 e. The molecule has 8 heteroatoms. The highest BCUT2D eigenvalue weighted by Crippen LogP contribution is 2.30. The van der Waals surface area contributed by atoms with Gasteiger partial charge in [-0.05, 0) is 56.5 Å². The molecule has 1 aliphatic rings. The maximum absolute atomic E-state index is 12.8. The van der Waals surface area contributed by atoms with Crippen LogP contribution in [-0.4, -0.2) is 22.5 Å². The SMILES string of the molecule is Cc1ccnc(NC(=O)c2oc3c(c2C)/C(=N/NC(=O)c2ccccc2Cl)CCC3)c1. The number of amides is 2. The third kappa shape index (κ3) is 4.36. The maximum atomic E-state index is 12.8. The summed E-state index contributed by atoms with van der Waals surface area (Å²) in [6.07, 6.45) is 3.80. The summed E-state index contributed by atoms with van der Waals surface area (Å²) in [7, 11) is 0. The molecule has 2 N–H and O–H groups in total. The van der Waals surface area contributed by atoms with Gasteiger partial charge in [-0.15, -0.1) is 0 Å². The Bertz CT molecular complexity index is 1200. The van der Waals surface area contributed by atoms with Crippen LogP contribution >= 0.6 is 11.6 Å². The number of benzene rings is 1. The first-order chi connectivity index (χ1) is 14.9. The molecule has 2 aromatic heterocycles. The van der Waals surface area contributed by atoms with Gasteiger partial charge in [-0.1, -0.05) is 23.7 Å². The van der Waals surface area contributed by atoms with Gasteiger partial charge in [0.05, 0.1) is 16.3 Å². The molecule has 1 aliphatic carbocycles. The minimum absolute atomic E-state index is 0.223. The van der Waals surface area contributed by atoms with Crippen molar-refractivity contribution in [3.05, 3.63) is 81.4 Å². The van der Waals surface area contributed by atoms with Gasteiger partial charge in [0.25, 0.3) is 11.8 Å². The Kier molecular flexibility index (Phi) is 5.86. The molecule has 0 saturated carbocycles. The zero-order chi connectivity index (χ0) is 22.0. The Morgan fingerprint density at radius 3 is 2.71 bits per heavy atom. The molecule has 31 heavy (non-hydrogen) atoms. The van der Waals surface area contributed by atoms with Crippen LogP contribution in [0.2, 0.25) is 5.02 Å². The average Bonchev–Trinajstić information content (AvgIpc) is 3.10. The van der Waals surface area contributed by atoms with Crippen LogP contribution < -0.4 is 10.7 Å². The number of carbonyl (C=O) groups is 2. The Balaban J connectivity index is 1.58. The molecular formula is C23H21ClN4O3. The van der Waals surface area contributed by atoms with E-state index >= 15 is 0 Å². The molecule has 0 saturated heterocycles. The van der Waals surface area contributed by atoms with Crippen LogP contribution in [-0.2, 0) is 6.42 Å². The first-order valence-corrected chi connectivity index (χ1v) is 10.3. The van der Waals surface area contributed by atoms with Gasteiger partial charge in [0, 0.05) is 23.7 Å². The third-order valence-corrected chi connectivity index (χ3v) is 5.43. The summed E-state index contributed by atoms with van der Waals surface area (Å²) in [6, 6.07) is 10.4. The van der Waals surface area contributed by atoms with Gasteiger partial charge in [-0.25, -0.2) is 10.4 Å². The first kappa shape index (κ1) is 20.8. The number of aryl methyl sites for hydroxylation is 2. The molecule has 0 atom stereocenters. The average molecular weight is 437 g/mol. The van der Waals surface area contributed by atoms with E-state index in [0.717, 1.165) is 17.5 Å². The van der Waals surface area contributed by atoms with E-state index < -0.39 is 5.91 Å². The molecule has 0 aliphatic heterocycles. The maximum Gasteiger partial charge on any atom is 0.292 e. The monoisotopic (exact) mass is 436 g/mol. The van der Waals surface area contributed by atoms with E-state index in [2.05, 4.69) is 20.8 Å². The number of anilines is 1. The zero-order valence-electron chi connectivity index (χ0n) is 17.2. The highest BCUT2D eigenvalue weighted by molar-refractivity contribution is 6.33. The summed E-state index contributed by atoms with van der Waals surface area (Å²) in [5, 5.41) is 7.45. The van der Waals surface area contributed by atoms with Gasteiger partial charge in [0.15, 0.2) is 5.76 Å². The number of pyridine rings is 1. The van der Waals surface area contributed by atoms with E-state index in [-0.39, 0.29) is 11.7 Å². The Hall–Kier alpha value is -3.45. The van der Waals surface area contributed by atoms with Crippen molar-refractivity contribution >= 4 is 34.9 Å². The summed E-state index contributed by atoms with van der Waals surface area (Å²) in [5.74, 6) is 0.608. The van der Waals surface area contributed by atoms with Crippen LogP contribution in [0.4, 0.5) is 5.82 Å². The number of carbonyl (C=O) groups excluding carboxylic acids is 2. The topological polar surface area (TPSA) is 96.6 Å². The molecule has 0 fully saturated rings. The number of halogens is 1. The van der Waals surface area contributed by atoms with Crippen molar-refractivity contribution in [1.82, 2.24) is 10.4 Å². The van der Waals surface area contributed by atoms with Crippen LogP contribution in [0.1, 0.15) is 56.2 Å². The van der Waals surface area contributed by atoms with Crippen molar-refractivity contribution in [2.45, 2.75) is 33.1 Å². The lowest BCUT2D eigenvalue weighted by Gasteiger charge is -2.13. The second-order valence-electron chi connectivity index (χ2n) is 7.36. The molecule has 1 aromatic carbocycles. The molecule has 158 valence electrons. The second kappa shape index (κ2) is 8.73. The highest BCUT2D eigenvalue weighted by Gasteiger charge is 2.28. The van der Waals surface area contributed by atoms with E-state index in [9.17, 15) is 9.59 Å². The minimum atomic E-state index is -0.394. The molecule has 7 nitrogen and oxygen atoms in total. The lowest BCUT2D eigenvalue weighted by molar-refractivity contribution is 0.0953. The predicted molar refractivity (Wildman–Crippen MR) is 119 cm³/mol. The fraction of sp³-hybridized carbons (Fsp3) is 0.217. The van der Waals surface area contributed by atoms with E-state index in [1.54, 1.807) is 36.5 Å². The zero-order valence-corrected chi connectivity index (χ0v) is 17.9.